The number of aromatic nitrogens is 2. The van der Waals surface area contributed by atoms with E-state index in [1.54, 1.807) is 30.3 Å². The summed E-state index contributed by atoms with van der Waals surface area (Å²) in [5.41, 5.74) is 2.69. The number of carbonyl (C=O) groups excluding carboxylic acids is 2. The number of aliphatic hydroxyl groups excluding tert-OH is 1. The third kappa shape index (κ3) is 3.40. The number of para-hydroxylation sites is 2. The SMILES string of the molecule is COc1ccc(C)cc1/C(O)=C1\C(=O)C(=O)N(c2nc3ccccc3[nH]2)C1c1ccc(F)cc1. The second kappa shape index (κ2) is 8.15. The Bertz CT molecular complexity index is 1440. The van der Waals surface area contributed by atoms with Gasteiger partial charge < -0.3 is 14.8 Å². The molecule has 1 aromatic heterocycles. The number of aliphatic hydroxyl groups is 1. The van der Waals surface area contributed by atoms with Gasteiger partial charge >= 0.3 is 5.91 Å². The number of fused-ring (bicyclic) bond motifs is 1. The Balaban J connectivity index is 1.76. The zero-order valence-corrected chi connectivity index (χ0v) is 18.4. The molecule has 1 fully saturated rings. The molecule has 3 aromatic carbocycles. The highest BCUT2D eigenvalue weighted by Gasteiger charge is 2.48. The van der Waals surface area contributed by atoms with E-state index in [9.17, 15) is 19.1 Å². The average Bonchev–Trinajstić information content (AvgIpc) is 3.37. The van der Waals surface area contributed by atoms with Crippen LogP contribution in [-0.2, 0) is 9.59 Å². The maximum atomic E-state index is 13.7. The van der Waals surface area contributed by atoms with Crippen LogP contribution in [0.15, 0.2) is 72.3 Å². The number of amides is 1. The summed E-state index contributed by atoms with van der Waals surface area (Å²) in [6, 6.07) is 16.7. The van der Waals surface area contributed by atoms with E-state index < -0.39 is 23.5 Å². The van der Waals surface area contributed by atoms with Gasteiger partial charge in [-0.05, 0) is 48.9 Å². The van der Waals surface area contributed by atoms with Crippen molar-refractivity contribution in [3.05, 3.63) is 94.8 Å². The second-order valence-corrected chi connectivity index (χ2v) is 8.00. The van der Waals surface area contributed by atoms with Gasteiger partial charge in [-0.2, -0.15) is 0 Å². The molecule has 1 aliphatic rings. The molecular weight excluding hydrogens is 437 g/mol. The first kappa shape index (κ1) is 21.4. The van der Waals surface area contributed by atoms with Crippen LogP contribution in [0.2, 0.25) is 0 Å². The number of H-pyrrole nitrogens is 1. The third-order valence-electron chi connectivity index (χ3n) is 5.85. The molecule has 0 spiro atoms. The van der Waals surface area contributed by atoms with Crippen LogP contribution in [0.3, 0.4) is 0 Å². The van der Waals surface area contributed by atoms with Crippen LogP contribution in [0.25, 0.3) is 16.8 Å². The van der Waals surface area contributed by atoms with Crippen LogP contribution in [0.1, 0.15) is 22.7 Å². The van der Waals surface area contributed by atoms with Crippen molar-refractivity contribution < 1.29 is 23.8 Å². The third-order valence-corrected chi connectivity index (χ3v) is 5.85. The number of Topliss-reactive ketones (excluding diaryl/α,β-unsaturated/α-hetero) is 1. The van der Waals surface area contributed by atoms with Crippen LogP contribution in [0.4, 0.5) is 10.3 Å². The molecule has 5 rings (SSSR count). The maximum Gasteiger partial charge on any atom is 0.302 e. The highest BCUT2D eigenvalue weighted by molar-refractivity contribution is 6.51. The number of benzene rings is 3. The topological polar surface area (TPSA) is 95.5 Å². The molecular formula is C26H20FN3O4. The van der Waals surface area contributed by atoms with Gasteiger partial charge in [0.15, 0.2) is 0 Å². The van der Waals surface area contributed by atoms with Gasteiger partial charge in [0.25, 0.3) is 5.78 Å². The molecule has 1 atom stereocenters. The van der Waals surface area contributed by atoms with Crippen LogP contribution < -0.4 is 9.64 Å². The van der Waals surface area contributed by atoms with Crippen molar-refractivity contribution in [2.45, 2.75) is 13.0 Å². The fourth-order valence-electron chi connectivity index (χ4n) is 4.22. The smallest absolute Gasteiger partial charge is 0.302 e. The molecule has 1 amide bonds. The predicted molar refractivity (Wildman–Crippen MR) is 125 cm³/mol. The number of hydrogen-bond donors (Lipinski definition) is 2. The summed E-state index contributed by atoms with van der Waals surface area (Å²) in [6.07, 6.45) is 0. The number of nitrogens with one attached hydrogen (secondary N) is 1. The number of rotatable bonds is 4. The van der Waals surface area contributed by atoms with E-state index in [1.165, 1.54) is 36.3 Å². The molecule has 0 aliphatic carbocycles. The summed E-state index contributed by atoms with van der Waals surface area (Å²) in [5.74, 6) is -2.10. The maximum absolute atomic E-state index is 13.7. The lowest BCUT2D eigenvalue weighted by Crippen LogP contribution is -2.30. The lowest BCUT2D eigenvalue weighted by atomic mass is 9.94. The molecule has 7 nitrogen and oxygen atoms in total. The van der Waals surface area contributed by atoms with Crippen LogP contribution >= 0.6 is 0 Å². The van der Waals surface area contributed by atoms with Gasteiger partial charge in [0.05, 0.1) is 35.3 Å². The highest BCUT2D eigenvalue weighted by atomic mass is 19.1. The summed E-state index contributed by atoms with van der Waals surface area (Å²) in [4.78, 5) is 35.3. The summed E-state index contributed by atoms with van der Waals surface area (Å²) in [5, 5.41) is 11.3. The number of carbonyl (C=O) groups is 2. The molecule has 34 heavy (non-hydrogen) atoms. The largest absolute Gasteiger partial charge is 0.507 e. The molecule has 1 aliphatic heterocycles. The van der Waals surface area contributed by atoms with E-state index in [4.69, 9.17) is 4.74 Å². The van der Waals surface area contributed by atoms with E-state index >= 15 is 0 Å². The quantitative estimate of drug-likeness (QED) is 0.264. The van der Waals surface area contributed by atoms with Gasteiger partial charge in [0.2, 0.25) is 5.95 Å². The van der Waals surface area contributed by atoms with Crippen LogP contribution in [-0.4, -0.2) is 33.9 Å². The number of aryl methyl sites for hydroxylation is 1. The Labute approximate surface area is 194 Å². The number of halogens is 1. The van der Waals surface area contributed by atoms with Gasteiger partial charge in [-0.3, -0.25) is 14.5 Å². The van der Waals surface area contributed by atoms with Crippen molar-refractivity contribution in [3.8, 4) is 5.75 Å². The zero-order valence-electron chi connectivity index (χ0n) is 18.4. The monoisotopic (exact) mass is 457 g/mol. The summed E-state index contributed by atoms with van der Waals surface area (Å²) in [7, 11) is 1.45. The van der Waals surface area contributed by atoms with Crippen molar-refractivity contribution in [2.24, 2.45) is 0 Å². The summed E-state index contributed by atoms with van der Waals surface area (Å²) < 4.78 is 19.1. The molecule has 170 valence electrons. The second-order valence-electron chi connectivity index (χ2n) is 8.00. The number of aromatic amines is 1. The van der Waals surface area contributed by atoms with Crippen LogP contribution in [0.5, 0.6) is 5.75 Å². The molecule has 1 unspecified atom stereocenters. The van der Waals surface area contributed by atoms with Crippen molar-refractivity contribution >= 4 is 34.4 Å². The van der Waals surface area contributed by atoms with Crippen LogP contribution in [0, 0.1) is 12.7 Å². The molecule has 0 bridgehead atoms. The van der Waals surface area contributed by atoms with E-state index in [0.29, 0.717) is 22.3 Å². The minimum atomic E-state index is -1.04. The van der Waals surface area contributed by atoms with Crippen molar-refractivity contribution in [3.63, 3.8) is 0 Å². The Morgan fingerprint density at radius 2 is 1.82 bits per heavy atom. The Morgan fingerprint density at radius 3 is 2.53 bits per heavy atom. The number of anilines is 1. The molecule has 2 N–H and O–H groups in total. The van der Waals surface area contributed by atoms with Gasteiger partial charge in [0.1, 0.15) is 17.3 Å². The van der Waals surface area contributed by atoms with Gasteiger partial charge in [-0.15, -0.1) is 0 Å². The minimum Gasteiger partial charge on any atom is -0.507 e. The standard InChI is InChI=1S/C26H20FN3O4/c1-14-7-12-20(34-2)17(13-14)23(31)21-22(15-8-10-16(27)11-9-15)30(25(33)24(21)32)26-28-18-5-3-4-6-19(18)29-26/h3-13,22,31H,1-2H3,(H,28,29)/b23-21+. The molecule has 8 heteroatoms. The average molecular weight is 457 g/mol. The highest BCUT2D eigenvalue weighted by Crippen LogP contribution is 2.43. The first-order valence-corrected chi connectivity index (χ1v) is 10.5. The van der Waals surface area contributed by atoms with Crippen molar-refractivity contribution in [2.75, 3.05) is 12.0 Å². The number of ether oxygens (including phenoxy) is 1. The normalized spacial score (nSPS) is 17.5. The Kier molecular flexibility index (Phi) is 5.13. The fourth-order valence-corrected chi connectivity index (χ4v) is 4.22. The van der Waals surface area contributed by atoms with Gasteiger partial charge in [0, 0.05) is 0 Å². The fraction of sp³-hybridized carbons (Fsp3) is 0.115. The number of nitrogens with zero attached hydrogens (tertiary/aromatic N) is 2. The number of ketones is 1. The lowest BCUT2D eigenvalue weighted by molar-refractivity contribution is -0.132. The van der Waals surface area contributed by atoms with E-state index in [2.05, 4.69) is 9.97 Å². The van der Waals surface area contributed by atoms with E-state index in [1.807, 2.05) is 19.1 Å². The molecule has 4 aromatic rings. The van der Waals surface area contributed by atoms with Gasteiger partial charge in [-0.1, -0.05) is 35.9 Å². The number of methoxy groups -OCH3 is 1. The van der Waals surface area contributed by atoms with Crippen molar-refractivity contribution in [1.29, 1.82) is 0 Å². The number of hydrogen-bond acceptors (Lipinski definition) is 5. The first-order chi connectivity index (χ1) is 16.4. The van der Waals surface area contributed by atoms with E-state index in [-0.39, 0.29) is 22.8 Å². The lowest BCUT2D eigenvalue weighted by Gasteiger charge is -2.23. The first-order valence-electron chi connectivity index (χ1n) is 10.5. The zero-order chi connectivity index (χ0) is 24.0. The minimum absolute atomic E-state index is 0.138. The van der Waals surface area contributed by atoms with Crippen molar-refractivity contribution in [1.82, 2.24) is 9.97 Å². The molecule has 2 heterocycles. The van der Waals surface area contributed by atoms with E-state index in [0.717, 1.165) is 5.56 Å². The van der Waals surface area contributed by atoms with Gasteiger partial charge in [-0.25, -0.2) is 9.37 Å². The molecule has 0 saturated carbocycles. The predicted octanol–water partition coefficient (Wildman–Crippen LogP) is 4.65. The Morgan fingerprint density at radius 1 is 1.09 bits per heavy atom. The summed E-state index contributed by atoms with van der Waals surface area (Å²) >= 11 is 0. The molecule has 0 radical (unpaired) electrons. The summed E-state index contributed by atoms with van der Waals surface area (Å²) in [6.45, 7) is 1.83. The molecule has 1 saturated heterocycles. The number of imidazole rings is 1. The Hall–Kier alpha value is -4.46.